The third-order valence-corrected chi connectivity index (χ3v) is 3.38. The summed E-state index contributed by atoms with van der Waals surface area (Å²) in [6, 6.07) is 3.33. The fourth-order valence-corrected chi connectivity index (χ4v) is 2.36. The molecule has 1 aromatic carbocycles. The van der Waals surface area contributed by atoms with Gasteiger partial charge in [-0.05, 0) is 32.9 Å². The normalized spacial score (nSPS) is 12.0. The van der Waals surface area contributed by atoms with Crippen LogP contribution in [0.15, 0.2) is 23.1 Å². The molecular weight excluding hydrogens is 314 g/mol. The number of pyridine rings is 1. The largest absolute Gasteiger partial charge is 0.495 e. The summed E-state index contributed by atoms with van der Waals surface area (Å²) >= 11 is 0. The van der Waals surface area contributed by atoms with Crippen molar-refractivity contribution in [2.24, 2.45) is 0 Å². The molecular formula is C17H21NO6. The van der Waals surface area contributed by atoms with Crippen LogP contribution in [0.2, 0.25) is 0 Å². The lowest BCUT2D eigenvalue weighted by molar-refractivity contribution is -0.0941. The Hall–Kier alpha value is -2.54. The number of carbonyl (C=O) groups is 1. The van der Waals surface area contributed by atoms with E-state index in [1.54, 1.807) is 26.0 Å². The summed E-state index contributed by atoms with van der Waals surface area (Å²) in [4.78, 5) is 27.9. The quantitative estimate of drug-likeness (QED) is 0.618. The standard InChI is InChI=1S/C17H21NO6/c1-5-22-10(3)24-17(20)11-9-18-15-13(21-4)8-7-12(23-6-2)14(15)16(11)19/h7-10H,5-6H2,1-4H3,(H,18,19). The molecule has 1 atom stereocenters. The number of ether oxygens (including phenoxy) is 4. The molecule has 0 fully saturated rings. The van der Waals surface area contributed by atoms with Crippen LogP contribution in [0.1, 0.15) is 31.1 Å². The zero-order chi connectivity index (χ0) is 17.7. The van der Waals surface area contributed by atoms with Gasteiger partial charge in [0.05, 0.1) is 24.6 Å². The summed E-state index contributed by atoms with van der Waals surface area (Å²) in [7, 11) is 1.50. The third-order valence-electron chi connectivity index (χ3n) is 3.38. The molecule has 2 rings (SSSR count). The number of fused-ring (bicyclic) bond motifs is 1. The van der Waals surface area contributed by atoms with E-state index in [4.69, 9.17) is 18.9 Å². The van der Waals surface area contributed by atoms with Crippen molar-refractivity contribution in [1.29, 1.82) is 0 Å². The number of hydrogen-bond donors (Lipinski definition) is 1. The number of aromatic amines is 1. The summed E-state index contributed by atoms with van der Waals surface area (Å²) in [6.45, 7) is 5.97. The molecule has 0 aliphatic heterocycles. The Balaban J connectivity index is 2.54. The van der Waals surface area contributed by atoms with Crippen molar-refractivity contribution in [2.75, 3.05) is 20.3 Å². The first-order chi connectivity index (χ1) is 11.5. The highest BCUT2D eigenvalue weighted by Gasteiger charge is 2.20. The first kappa shape index (κ1) is 17.8. The van der Waals surface area contributed by atoms with Crippen LogP contribution in [0.25, 0.3) is 10.9 Å². The van der Waals surface area contributed by atoms with Gasteiger partial charge in [0.15, 0.2) is 6.29 Å². The molecule has 24 heavy (non-hydrogen) atoms. The van der Waals surface area contributed by atoms with E-state index in [9.17, 15) is 9.59 Å². The van der Waals surface area contributed by atoms with Crippen LogP contribution in [-0.4, -0.2) is 37.6 Å². The molecule has 130 valence electrons. The number of nitrogens with one attached hydrogen (secondary N) is 1. The molecule has 0 bridgehead atoms. The maximum Gasteiger partial charge on any atom is 0.345 e. The van der Waals surface area contributed by atoms with Crippen molar-refractivity contribution in [3.8, 4) is 11.5 Å². The maximum absolute atomic E-state index is 12.8. The highest BCUT2D eigenvalue weighted by Crippen LogP contribution is 2.29. The third kappa shape index (κ3) is 3.51. The number of methoxy groups -OCH3 is 1. The molecule has 0 saturated heterocycles. The van der Waals surface area contributed by atoms with Crippen molar-refractivity contribution in [2.45, 2.75) is 27.1 Å². The van der Waals surface area contributed by atoms with E-state index in [-0.39, 0.29) is 10.9 Å². The molecule has 1 N–H and O–H groups in total. The number of H-pyrrole nitrogens is 1. The summed E-state index contributed by atoms with van der Waals surface area (Å²) in [5.41, 5.74) is -0.147. The summed E-state index contributed by atoms with van der Waals surface area (Å²) in [5, 5.41) is 0.245. The van der Waals surface area contributed by atoms with Gasteiger partial charge in [-0.25, -0.2) is 4.79 Å². The zero-order valence-corrected chi connectivity index (χ0v) is 14.2. The Kier molecular flexibility index (Phi) is 5.81. The van der Waals surface area contributed by atoms with Gasteiger partial charge in [0, 0.05) is 12.8 Å². The van der Waals surface area contributed by atoms with E-state index < -0.39 is 17.7 Å². The second-order valence-corrected chi connectivity index (χ2v) is 4.91. The van der Waals surface area contributed by atoms with E-state index in [0.29, 0.717) is 30.2 Å². The highest BCUT2D eigenvalue weighted by atomic mass is 16.7. The molecule has 0 radical (unpaired) electrons. The number of hydrogen-bond acceptors (Lipinski definition) is 6. The number of benzene rings is 1. The smallest absolute Gasteiger partial charge is 0.345 e. The first-order valence-electron chi connectivity index (χ1n) is 7.71. The minimum Gasteiger partial charge on any atom is -0.495 e. The number of aromatic nitrogens is 1. The Labute approximate surface area is 139 Å². The van der Waals surface area contributed by atoms with E-state index in [1.807, 2.05) is 6.92 Å². The summed E-state index contributed by atoms with van der Waals surface area (Å²) in [5.74, 6) is 0.0968. The summed E-state index contributed by atoms with van der Waals surface area (Å²) in [6.07, 6.45) is 0.568. The molecule has 2 aromatic rings. The Morgan fingerprint density at radius 3 is 2.54 bits per heavy atom. The van der Waals surface area contributed by atoms with Crippen LogP contribution in [0.4, 0.5) is 0 Å². The SMILES string of the molecule is CCOc1ccc(OC)c2[nH]cc(C(=O)OC(C)OCC)c(=O)c12. The van der Waals surface area contributed by atoms with Gasteiger partial charge in [-0.15, -0.1) is 0 Å². The highest BCUT2D eigenvalue weighted by molar-refractivity contribution is 5.97. The molecule has 7 nitrogen and oxygen atoms in total. The van der Waals surface area contributed by atoms with Gasteiger partial charge in [-0.1, -0.05) is 0 Å². The molecule has 0 aliphatic carbocycles. The number of carbonyl (C=O) groups excluding carboxylic acids is 1. The molecule has 1 unspecified atom stereocenters. The Morgan fingerprint density at radius 2 is 1.92 bits per heavy atom. The summed E-state index contributed by atoms with van der Waals surface area (Å²) < 4.78 is 21.0. The second-order valence-electron chi connectivity index (χ2n) is 4.91. The van der Waals surface area contributed by atoms with Gasteiger partial charge >= 0.3 is 5.97 Å². The number of rotatable bonds is 7. The van der Waals surface area contributed by atoms with Crippen molar-refractivity contribution in [3.63, 3.8) is 0 Å². The number of esters is 1. The van der Waals surface area contributed by atoms with Crippen LogP contribution >= 0.6 is 0 Å². The lowest BCUT2D eigenvalue weighted by atomic mass is 10.1. The minimum absolute atomic E-state index is 0.122. The van der Waals surface area contributed by atoms with Crippen LogP contribution < -0.4 is 14.9 Å². The van der Waals surface area contributed by atoms with Crippen LogP contribution in [0, 0.1) is 0 Å². The average Bonchev–Trinajstić information content (AvgIpc) is 2.55. The average molecular weight is 335 g/mol. The predicted octanol–water partition coefficient (Wildman–Crippen LogP) is 2.47. The second kappa shape index (κ2) is 7.83. The van der Waals surface area contributed by atoms with Crippen LogP contribution in [0.3, 0.4) is 0 Å². The molecule has 0 amide bonds. The van der Waals surface area contributed by atoms with Gasteiger partial charge < -0.3 is 23.9 Å². The van der Waals surface area contributed by atoms with Crippen LogP contribution in [0.5, 0.6) is 11.5 Å². The van der Waals surface area contributed by atoms with E-state index >= 15 is 0 Å². The maximum atomic E-state index is 12.8. The Morgan fingerprint density at radius 1 is 1.21 bits per heavy atom. The molecule has 0 spiro atoms. The molecule has 0 aliphatic rings. The monoisotopic (exact) mass is 335 g/mol. The molecule has 1 aromatic heterocycles. The van der Waals surface area contributed by atoms with Crippen molar-refractivity contribution in [3.05, 3.63) is 34.1 Å². The minimum atomic E-state index is -0.760. The van der Waals surface area contributed by atoms with Gasteiger partial charge in [0.25, 0.3) is 0 Å². The molecule has 7 heteroatoms. The van der Waals surface area contributed by atoms with Gasteiger partial charge in [-0.3, -0.25) is 4.79 Å². The van der Waals surface area contributed by atoms with Gasteiger partial charge in [-0.2, -0.15) is 0 Å². The predicted molar refractivity (Wildman–Crippen MR) is 88.8 cm³/mol. The zero-order valence-electron chi connectivity index (χ0n) is 14.2. The fraction of sp³-hybridized carbons (Fsp3) is 0.412. The van der Waals surface area contributed by atoms with Crippen molar-refractivity contribution in [1.82, 2.24) is 4.98 Å². The Bertz CT molecular complexity index is 782. The lowest BCUT2D eigenvalue weighted by Gasteiger charge is -2.14. The molecule has 1 heterocycles. The van der Waals surface area contributed by atoms with Gasteiger partial charge in [0.2, 0.25) is 5.43 Å². The first-order valence-corrected chi connectivity index (χ1v) is 7.71. The van der Waals surface area contributed by atoms with E-state index in [0.717, 1.165) is 0 Å². The van der Waals surface area contributed by atoms with Crippen molar-refractivity contribution >= 4 is 16.9 Å². The topological polar surface area (TPSA) is 86.8 Å². The van der Waals surface area contributed by atoms with Crippen LogP contribution in [-0.2, 0) is 9.47 Å². The van der Waals surface area contributed by atoms with E-state index in [2.05, 4.69) is 4.98 Å². The van der Waals surface area contributed by atoms with Crippen molar-refractivity contribution < 1.29 is 23.7 Å². The lowest BCUT2D eigenvalue weighted by Crippen LogP contribution is -2.24. The molecule has 0 saturated carbocycles. The fourth-order valence-electron chi connectivity index (χ4n) is 2.36. The van der Waals surface area contributed by atoms with E-state index in [1.165, 1.54) is 13.3 Å². The van der Waals surface area contributed by atoms with Gasteiger partial charge in [0.1, 0.15) is 17.1 Å².